The van der Waals surface area contributed by atoms with Crippen LogP contribution >= 0.6 is 0 Å². The summed E-state index contributed by atoms with van der Waals surface area (Å²) in [5.74, 6) is 0.155. The number of benzene rings is 2. The molecule has 0 aliphatic carbocycles. The zero-order chi connectivity index (χ0) is 18.5. The van der Waals surface area contributed by atoms with Crippen LogP contribution in [0.25, 0.3) is 0 Å². The molecule has 1 aliphatic rings. The Morgan fingerprint density at radius 1 is 1.12 bits per heavy atom. The number of hydrogen-bond donors (Lipinski definition) is 2. The van der Waals surface area contributed by atoms with E-state index in [0.717, 1.165) is 35.8 Å². The van der Waals surface area contributed by atoms with Crippen LogP contribution in [0.1, 0.15) is 24.0 Å². The van der Waals surface area contributed by atoms with Crippen LogP contribution in [-0.2, 0) is 16.1 Å². The molecule has 0 bridgehead atoms. The van der Waals surface area contributed by atoms with Crippen LogP contribution in [-0.4, -0.2) is 32.0 Å². The summed E-state index contributed by atoms with van der Waals surface area (Å²) in [6.45, 7) is 4.06. The van der Waals surface area contributed by atoms with Crippen molar-refractivity contribution in [2.24, 2.45) is 0 Å². The van der Waals surface area contributed by atoms with Gasteiger partial charge < -0.3 is 15.1 Å². The van der Waals surface area contributed by atoms with Crippen LogP contribution in [0.2, 0.25) is 0 Å². The molecule has 2 N–H and O–H groups in total. The molecular formula is C21H26N3O2+. The van der Waals surface area contributed by atoms with Crippen LogP contribution in [0.3, 0.4) is 0 Å². The average Bonchev–Trinajstić information content (AvgIpc) is 3.03. The Morgan fingerprint density at radius 2 is 1.81 bits per heavy atom. The summed E-state index contributed by atoms with van der Waals surface area (Å²) in [6.07, 6.45) is 1.53. The Morgan fingerprint density at radius 3 is 2.42 bits per heavy atom. The Hall–Kier alpha value is -2.66. The van der Waals surface area contributed by atoms with Gasteiger partial charge >= 0.3 is 0 Å². The van der Waals surface area contributed by atoms with Gasteiger partial charge in [-0.05, 0) is 37.6 Å². The van der Waals surface area contributed by atoms with Crippen molar-refractivity contribution >= 4 is 23.2 Å². The van der Waals surface area contributed by atoms with Crippen molar-refractivity contribution in [3.63, 3.8) is 0 Å². The molecule has 0 aromatic heterocycles. The van der Waals surface area contributed by atoms with Crippen LogP contribution in [0, 0.1) is 6.92 Å². The van der Waals surface area contributed by atoms with E-state index in [4.69, 9.17) is 0 Å². The second-order valence-electron chi connectivity index (χ2n) is 7.04. The molecule has 5 nitrogen and oxygen atoms in total. The third kappa shape index (κ3) is 4.70. The van der Waals surface area contributed by atoms with Crippen molar-refractivity contribution in [1.82, 2.24) is 0 Å². The number of nitrogens with zero attached hydrogens (tertiary/aromatic N) is 1. The van der Waals surface area contributed by atoms with Gasteiger partial charge in [-0.3, -0.25) is 9.59 Å². The number of aryl methyl sites for hydroxylation is 1. The highest BCUT2D eigenvalue weighted by atomic mass is 16.2. The van der Waals surface area contributed by atoms with Gasteiger partial charge in [0.25, 0.3) is 5.91 Å². The monoisotopic (exact) mass is 352 g/mol. The molecule has 1 aliphatic heterocycles. The zero-order valence-corrected chi connectivity index (χ0v) is 15.4. The summed E-state index contributed by atoms with van der Waals surface area (Å²) in [5, 5.41) is 2.93. The second-order valence-corrected chi connectivity index (χ2v) is 7.04. The fourth-order valence-electron chi connectivity index (χ4n) is 3.24. The van der Waals surface area contributed by atoms with E-state index in [0.29, 0.717) is 13.0 Å². The fourth-order valence-corrected chi connectivity index (χ4v) is 3.24. The van der Waals surface area contributed by atoms with Gasteiger partial charge in [0.05, 0.1) is 7.05 Å². The lowest BCUT2D eigenvalue weighted by atomic mass is 10.1. The highest BCUT2D eigenvalue weighted by molar-refractivity contribution is 5.96. The number of hydrogen-bond acceptors (Lipinski definition) is 2. The van der Waals surface area contributed by atoms with E-state index in [9.17, 15) is 9.59 Å². The molecule has 0 saturated carbocycles. The summed E-state index contributed by atoms with van der Waals surface area (Å²) in [5.41, 5.74) is 4.12. The minimum atomic E-state index is -0.0142. The molecule has 0 spiro atoms. The third-order valence-corrected chi connectivity index (χ3v) is 4.62. The maximum atomic E-state index is 12.3. The van der Waals surface area contributed by atoms with E-state index >= 15 is 0 Å². The normalized spacial score (nSPS) is 15.2. The summed E-state index contributed by atoms with van der Waals surface area (Å²) in [6, 6.07) is 15.9. The maximum Gasteiger partial charge on any atom is 0.279 e. The van der Waals surface area contributed by atoms with Crippen LogP contribution < -0.4 is 15.1 Å². The average molecular weight is 352 g/mol. The lowest BCUT2D eigenvalue weighted by Gasteiger charge is -2.17. The van der Waals surface area contributed by atoms with Crippen LogP contribution in [0.15, 0.2) is 48.5 Å². The molecule has 2 aromatic rings. The quantitative estimate of drug-likeness (QED) is 0.833. The Bertz CT molecular complexity index is 769. The standard InChI is InChI=1S/C21H25N3O2/c1-16-5-7-17(8-6-16)14-23(2)15-20(25)22-18-9-11-19(12-10-18)24-13-3-4-21(24)26/h5-12H,3-4,13-15H2,1-2H3,(H,22,25)/p+1. The van der Waals surface area contributed by atoms with Crippen molar-refractivity contribution in [3.05, 3.63) is 59.7 Å². The van der Waals surface area contributed by atoms with Gasteiger partial charge in [-0.2, -0.15) is 0 Å². The van der Waals surface area contributed by atoms with E-state index < -0.39 is 0 Å². The molecule has 2 aromatic carbocycles. The first-order chi connectivity index (χ1) is 12.5. The smallest absolute Gasteiger partial charge is 0.279 e. The fraction of sp³-hybridized carbons (Fsp3) is 0.333. The van der Waals surface area contributed by atoms with E-state index in [1.165, 1.54) is 11.1 Å². The van der Waals surface area contributed by atoms with Gasteiger partial charge in [0, 0.05) is 29.9 Å². The topological polar surface area (TPSA) is 53.9 Å². The number of rotatable bonds is 6. The number of carbonyl (C=O) groups excluding carboxylic acids is 2. The van der Waals surface area contributed by atoms with Crippen molar-refractivity contribution in [3.8, 4) is 0 Å². The number of amides is 2. The first kappa shape index (κ1) is 18.1. The third-order valence-electron chi connectivity index (χ3n) is 4.62. The molecule has 5 heteroatoms. The van der Waals surface area contributed by atoms with Gasteiger partial charge in [-0.25, -0.2) is 0 Å². The first-order valence-corrected chi connectivity index (χ1v) is 9.08. The minimum Gasteiger partial charge on any atom is -0.326 e. The maximum absolute atomic E-state index is 12.3. The van der Waals surface area contributed by atoms with Crippen molar-refractivity contribution in [1.29, 1.82) is 0 Å². The largest absolute Gasteiger partial charge is 0.326 e. The second kappa shape index (κ2) is 8.15. The predicted molar refractivity (Wildman–Crippen MR) is 103 cm³/mol. The summed E-state index contributed by atoms with van der Waals surface area (Å²) < 4.78 is 0. The van der Waals surface area contributed by atoms with Crippen molar-refractivity contribution < 1.29 is 14.5 Å². The number of anilines is 2. The lowest BCUT2D eigenvalue weighted by molar-refractivity contribution is -0.885. The molecule has 1 atom stereocenters. The van der Waals surface area contributed by atoms with E-state index in [2.05, 4.69) is 36.5 Å². The van der Waals surface area contributed by atoms with E-state index in [1.54, 1.807) is 4.90 Å². The van der Waals surface area contributed by atoms with Crippen LogP contribution in [0.5, 0.6) is 0 Å². The van der Waals surface area contributed by atoms with E-state index in [-0.39, 0.29) is 11.8 Å². The SMILES string of the molecule is Cc1ccc(C[NH+](C)CC(=O)Nc2ccc(N3CCCC3=O)cc2)cc1. The van der Waals surface area contributed by atoms with Gasteiger partial charge in [0.2, 0.25) is 5.91 Å². The molecule has 2 amide bonds. The van der Waals surface area contributed by atoms with Crippen LogP contribution in [0.4, 0.5) is 11.4 Å². The van der Waals surface area contributed by atoms with Crippen molar-refractivity contribution in [2.75, 3.05) is 30.4 Å². The molecule has 26 heavy (non-hydrogen) atoms. The first-order valence-electron chi connectivity index (χ1n) is 9.08. The van der Waals surface area contributed by atoms with Gasteiger partial charge in [0.1, 0.15) is 6.54 Å². The highest BCUT2D eigenvalue weighted by Crippen LogP contribution is 2.22. The number of carbonyl (C=O) groups is 2. The number of quaternary nitrogens is 1. The zero-order valence-electron chi connectivity index (χ0n) is 15.4. The molecule has 1 heterocycles. The summed E-state index contributed by atoms with van der Waals surface area (Å²) in [4.78, 5) is 27.0. The number of likely N-dealkylation sites (N-methyl/N-ethyl adjacent to an activating group) is 1. The minimum absolute atomic E-state index is 0.0142. The predicted octanol–water partition coefficient (Wildman–Crippen LogP) is 1.78. The molecular weight excluding hydrogens is 326 g/mol. The van der Waals surface area contributed by atoms with E-state index in [1.807, 2.05) is 31.3 Å². The molecule has 136 valence electrons. The lowest BCUT2D eigenvalue weighted by Crippen LogP contribution is -3.08. The van der Waals surface area contributed by atoms with Gasteiger partial charge in [-0.1, -0.05) is 29.8 Å². The van der Waals surface area contributed by atoms with Gasteiger partial charge in [-0.15, -0.1) is 0 Å². The Labute approximate surface area is 154 Å². The molecule has 1 fully saturated rings. The Balaban J connectivity index is 1.51. The molecule has 3 rings (SSSR count). The molecule has 1 unspecified atom stereocenters. The number of nitrogens with one attached hydrogen (secondary N) is 2. The highest BCUT2D eigenvalue weighted by Gasteiger charge is 2.21. The molecule has 0 radical (unpaired) electrons. The van der Waals surface area contributed by atoms with Gasteiger partial charge in [0.15, 0.2) is 6.54 Å². The summed E-state index contributed by atoms with van der Waals surface area (Å²) in [7, 11) is 2.02. The molecule has 1 saturated heterocycles. The Kier molecular flexibility index (Phi) is 5.68. The summed E-state index contributed by atoms with van der Waals surface area (Å²) >= 11 is 0. The van der Waals surface area contributed by atoms with Crippen molar-refractivity contribution in [2.45, 2.75) is 26.3 Å².